The normalized spacial score (nSPS) is 13.8. The molecule has 2 rings (SSSR count). The molecule has 0 amide bonds. The summed E-state index contributed by atoms with van der Waals surface area (Å²) in [6.07, 6.45) is 15.3. The van der Waals surface area contributed by atoms with E-state index >= 15 is 0 Å². The lowest BCUT2D eigenvalue weighted by molar-refractivity contribution is 0.254. The van der Waals surface area contributed by atoms with Crippen LogP contribution in [0.4, 0.5) is 0 Å². The van der Waals surface area contributed by atoms with Gasteiger partial charge in [0.2, 0.25) is 0 Å². The standard InChI is InChI=1S/C21H32BNO2/c1-2-3-4-5-6-11-17-23-18-12-10-15-21(23)16-19-25-22(24)20-13-8-7-9-14-20/h7-10,12-15,24H,2-6,11,16-19H2,1H3. The number of nitrogens with zero attached hydrogens (tertiary/aromatic N) is 1. The van der Waals surface area contributed by atoms with Gasteiger partial charge in [-0.05, 0) is 18.0 Å². The Kier molecular flexibility index (Phi) is 9.46. The first-order valence-electron chi connectivity index (χ1n) is 9.76. The van der Waals surface area contributed by atoms with Crippen LogP contribution >= 0.6 is 0 Å². The molecule has 0 radical (unpaired) electrons. The maximum Gasteiger partial charge on any atom is 0.491 e. The van der Waals surface area contributed by atoms with Crippen molar-refractivity contribution in [3.8, 4) is 0 Å². The number of hydrogen-bond acceptors (Lipinski definition) is 3. The molecule has 1 heterocycles. The Morgan fingerprint density at radius 2 is 1.84 bits per heavy atom. The molecule has 1 aliphatic heterocycles. The molecule has 1 aromatic carbocycles. The minimum absolute atomic E-state index is 0.530. The van der Waals surface area contributed by atoms with Gasteiger partial charge in [0.25, 0.3) is 0 Å². The van der Waals surface area contributed by atoms with Gasteiger partial charge in [-0.25, -0.2) is 0 Å². The van der Waals surface area contributed by atoms with Crippen LogP contribution in [0.25, 0.3) is 0 Å². The number of allylic oxidation sites excluding steroid dienone is 2. The van der Waals surface area contributed by atoms with Gasteiger partial charge in [0.1, 0.15) is 0 Å². The maximum absolute atomic E-state index is 10.1. The zero-order valence-corrected chi connectivity index (χ0v) is 15.6. The van der Waals surface area contributed by atoms with E-state index in [0.29, 0.717) is 6.61 Å². The summed E-state index contributed by atoms with van der Waals surface area (Å²) < 4.78 is 5.61. The molecule has 0 fully saturated rings. The smallest absolute Gasteiger partial charge is 0.423 e. The van der Waals surface area contributed by atoms with Crippen molar-refractivity contribution >= 4 is 12.6 Å². The van der Waals surface area contributed by atoms with E-state index < -0.39 is 7.12 Å². The van der Waals surface area contributed by atoms with Crippen LogP contribution in [0, 0.1) is 0 Å². The molecule has 136 valence electrons. The van der Waals surface area contributed by atoms with E-state index in [0.717, 1.165) is 25.0 Å². The molecule has 0 saturated heterocycles. The average Bonchev–Trinajstić information content (AvgIpc) is 2.66. The lowest BCUT2D eigenvalue weighted by Crippen LogP contribution is -2.34. The quantitative estimate of drug-likeness (QED) is 0.462. The van der Waals surface area contributed by atoms with Crippen LogP contribution in [0.15, 0.2) is 54.3 Å². The van der Waals surface area contributed by atoms with Gasteiger partial charge in [-0.2, -0.15) is 0 Å². The molecule has 4 heteroatoms. The molecule has 0 aliphatic carbocycles. The third kappa shape index (κ3) is 7.49. The zero-order valence-electron chi connectivity index (χ0n) is 15.6. The third-order valence-corrected chi connectivity index (χ3v) is 4.66. The van der Waals surface area contributed by atoms with Gasteiger partial charge >= 0.3 is 7.12 Å². The van der Waals surface area contributed by atoms with E-state index in [-0.39, 0.29) is 0 Å². The maximum atomic E-state index is 10.1. The van der Waals surface area contributed by atoms with Crippen molar-refractivity contribution in [2.45, 2.75) is 51.9 Å². The highest BCUT2D eigenvalue weighted by atomic mass is 16.5. The molecule has 1 aromatic rings. The summed E-state index contributed by atoms with van der Waals surface area (Å²) >= 11 is 0. The molecular formula is C21H32BNO2. The van der Waals surface area contributed by atoms with Crippen LogP contribution in [0.3, 0.4) is 0 Å². The molecule has 0 aromatic heterocycles. The predicted molar refractivity (Wildman–Crippen MR) is 107 cm³/mol. The van der Waals surface area contributed by atoms with Crippen molar-refractivity contribution in [1.29, 1.82) is 0 Å². The average molecular weight is 341 g/mol. The molecule has 1 N–H and O–H groups in total. The monoisotopic (exact) mass is 341 g/mol. The zero-order chi connectivity index (χ0) is 17.7. The van der Waals surface area contributed by atoms with Gasteiger partial charge in [0.15, 0.2) is 0 Å². The summed E-state index contributed by atoms with van der Waals surface area (Å²) in [5.41, 5.74) is 2.13. The van der Waals surface area contributed by atoms with Crippen molar-refractivity contribution in [2.24, 2.45) is 0 Å². The van der Waals surface area contributed by atoms with Crippen LogP contribution < -0.4 is 5.46 Å². The minimum Gasteiger partial charge on any atom is -0.423 e. The van der Waals surface area contributed by atoms with E-state index in [2.05, 4.69) is 30.1 Å². The van der Waals surface area contributed by atoms with E-state index in [1.807, 2.05) is 30.3 Å². The van der Waals surface area contributed by atoms with Gasteiger partial charge in [-0.15, -0.1) is 0 Å². The first-order chi connectivity index (χ1) is 12.3. The second-order valence-electron chi connectivity index (χ2n) is 6.68. The molecule has 0 atom stereocenters. The largest absolute Gasteiger partial charge is 0.491 e. The van der Waals surface area contributed by atoms with Crippen LogP contribution in [0.2, 0.25) is 0 Å². The molecule has 25 heavy (non-hydrogen) atoms. The van der Waals surface area contributed by atoms with Gasteiger partial charge in [0.05, 0.1) is 0 Å². The highest BCUT2D eigenvalue weighted by molar-refractivity contribution is 6.59. The molecule has 1 aliphatic rings. The first-order valence-corrected chi connectivity index (χ1v) is 9.76. The third-order valence-electron chi connectivity index (χ3n) is 4.66. The molecule has 0 bridgehead atoms. The number of unbranched alkanes of at least 4 members (excludes halogenated alkanes) is 5. The Balaban J connectivity index is 1.68. The Bertz CT molecular complexity index is 530. The number of rotatable bonds is 12. The first kappa shape index (κ1) is 19.8. The topological polar surface area (TPSA) is 32.7 Å². The Morgan fingerprint density at radius 1 is 1.08 bits per heavy atom. The summed E-state index contributed by atoms with van der Waals surface area (Å²) in [7, 11) is -0.840. The SMILES string of the molecule is CCCCCCCCN1CC=CC=C1CCOB(O)c1ccccc1. The fraction of sp³-hybridized carbons (Fsp3) is 0.524. The predicted octanol–water partition coefficient (Wildman–Crippen LogP) is 3.90. The fourth-order valence-electron chi connectivity index (χ4n) is 3.14. The fourth-order valence-corrected chi connectivity index (χ4v) is 3.14. The van der Waals surface area contributed by atoms with Crippen LogP contribution in [0.5, 0.6) is 0 Å². The highest BCUT2D eigenvalue weighted by Crippen LogP contribution is 2.16. The van der Waals surface area contributed by atoms with E-state index in [1.165, 1.54) is 44.2 Å². The molecule has 0 saturated carbocycles. The second-order valence-corrected chi connectivity index (χ2v) is 6.68. The molecule has 3 nitrogen and oxygen atoms in total. The van der Waals surface area contributed by atoms with Crippen molar-refractivity contribution in [2.75, 3.05) is 19.7 Å². The summed E-state index contributed by atoms with van der Waals surface area (Å²) in [4.78, 5) is 2.44. The van der Waals surface area contributed by atoms with Crippen molar-refractivity contribution in [1.82, 2.24) is 4.90 Å². The summed E-state index contributed by atoms with van der Waals surface area (Å²) in [5.74, 6) is 0. The van der Waals surface area contributed by atoms with E-state index in [9.17, 15) is 5.02 Å². The van der Waals surface area contributed by atoms with Gasteiger partial charge < -0.3 is 14.6 Å². The van der Waals surface area contributed by atoms with Gasteiger partial charge in [-0.3, -0.25) is 0 Å². The van der Waals surface area contributed by atoms with Crippen molar-refractivity contribution in [3.05, 3.63) is 54.3 Å². The lowest BCUT2D eigenvalue weighted by Gasteiger charge is -2.28. The second kappa shape index (κ2) is 11.9. The summed E-state index contributed by atoms with van der Waals surface area (Å²) in [5, 5.41) is 10.1. The van der Waals surface area contributed by atoms with Crippen LogP contribution in [-0.4, -0.2) is 36.7 Å². The summed E-state index contributed by atoms with van der Waals surface area (Å²) in [6.45, 7) is 4.89. The van der Waals surface area contributed by atoms with Gasteiger partial charge in [-0.1, -0.05) is 81.5 Å². The van der Waals surface area contributed by atoms with Crippen LogP contribution in [0.1, 0.15) is 51.9 Å². The Labute approximate surface area is 153 Å². The highest BCUT2D eigenvalue weighted by Gasteiger charge is 2.17. The van der Waals surface area contributed by atoms with Gasteiger partial charge in [0, 0.05) is 31.8 Å². The van der Waals surface area contributed by atoms with E-state index in [1.54, 1.807) is 0 Å². The number of benzene rings is 1. The molecule has 0 spiro atoms. The molecular weight excluding hydrogens is 309 g/mol. The van der Waals surface area contributed by atoms with Crippen molar-refractivity contribution < 1.29 is 9.68 Å². The molecule has 0 unspecified atom stereocenters. The van der Waals surface area contributed by atoms with Crippen molar-refractivity contribution in [3.63, 3.8) is 0 Å². The summed E-state index contributed by atoms with van der Waals surface area (Å²) in [6, 6.07) is 9.54. The van der Waals surface area contributed by atoms with E-state index in [4.69, 9.17) is 4.65 Å². The Morgan fingerprint density at radius 3 is 2.64 bits per heavy atom. The number of hydrogen-bond donors (Lipinski definition) is 1. The Hall–Kier alpha value is -1.52. The minimum atomic E-state index is -0.840. The van der Waals surface area contributed by atoms with Crippen LogP contribution in [-0.2, 0) is 4.65 Å². The lowest BCUT2D eigenvalue weighted by atomic mass is 9.80.